The zero-order valence-corrected chi connectivity index (χ0v) is 17.5. The van der Waals surface area contributed by atoms with E-state index in [-0.39, 0.29) is 18.7 Å². The zero-order valence-electron chi connectivity index (χ0n) is 17.5. The van der Waals surface area contributed by atoms with E-state index in [1.807, 2.05) is 6.07 Å². The molecule has 4 atom stereocenters. The molecule has 1 saturated carbocycles. The highest BCUT2D eigenvalue weighted by atomic mass is 16.2. The maximum absolute atomic E-state index is 13.2. The number of benzene rings is 1. The van der Waals surface area contributed by atoms with Crippen molar-refractivity contribution < 1.29 is 19.2 Å². The Bertz CT molecular complexity index is 946. The third kappa shape index (κ3) is 3.68. The van der Waals surface area contributed by atoms with Crippen LogP contribution in [-0.2, 0) is 16.1 Å². The molecule has 3 fully saturated rings. The predicted molar refractivity (Wildman–Crippen MR) is 112 cm³/mol. The van der Waals surface area contributed by atoms with Gasteiger partial charge in [-0.1, -0.05) is 12.1 Å². The lowest BCUT2D eigenvalue weighted by Gasteiger charge is -2.40. The normalized spacial score (nSPS) is 30.8. The van der Waals surface area contributed by atoms with Gasteiger partial charge < -0.3 is 10.6 Å². The quantitative estimate of drug-likeness (QED) is 0.622. The number of imide groups is 2. The smallest absolute Gasteiger partial charge is 0.262 e. The lowest BCUT2D eigenvalue weighted by Crippen LogP contribution is -2.54. The highest BCUT2D eigenvalue weighted by Crippen LogP contribution is 2.35. The summed E-state index contributed by atoms with van der Waals surface area (Å²) in [4.78, 5) is 50.9. The Kier molecular flexibility index (Phi) is 5.35. The summed E-state index contributed by atoms with van der Waals surface area (Å²) < 4.78 is 0. The van der Waals surface area contributed by atoms with Gasteiger partial charge in [-0.3, -0.25) is 29.4 Å². The monoisotopic (exact) mass is 424 g/mol. The van der Waals surface area contributed by atoms with Crippen LogP contribution in [-0.4, -0.2) is 53.7 Å². The van der Waals surface area contributed by atoms with E-state index in [4.69, 9.17) is 0 Å². The van der Waals surface area contributed by atoms with E-state index in [9.17, 15) is 19.2 Å². The molecule has 0 aromatic heterocycles. The minimum absolute atomic E-state index is 0.123. The summed E-state index contributed by atoms with van der Waals surface area (Å²) in [5.41, 5.74) is 1.52. The Morgan fingerprint density at radius 3 is 2.71 bits per heavy atom. The molecular formula is C23H28N4O4. The van der Waals surface area contributed by atoms with Gasteiger partial charge in [0.05, 0.1) is 11.1 Å². The van der Waals surface area contributed by atoms with Gasteiger partial charge >= 0.3 is 0 Å². The van der Waals surface area contributed by atoms with Crippen LogP contribution in [0.4, 0.5) is 0 Å². The van der Waals surface area contributed by atoms with E-state index in [1.54, 1.807) is 12.1 Å². The molecule has 31 heavy (non-hydrogen) atoms. The molecule has 0 radical (unpaired) electrons. The van der Waals surface area contributed by atoms with Crippen LogP contribution in [0.3, 0.4) is 0 Å². The molecule has 1 aromatic rings. The topological polar surface area (TPSA) is 108 Å². The van der Waals surface area contributed by atoms with Crippen molar-refractivity contribution in [2.75, 3.05) is 13.1 Å². The standard InChI is InChI=1S/C23H28N4O4/c28-19-7-6-18(21(29)26-19)27-22(30)17-3-1-2-15(20(17)23(27)31)12-25-16-5-4-14-11-24-9-8-13(14)10-16/h1-3,13-14,16,18,24-25H,4-12H2,(H,26,28,29). The van der Waals surface area contributed by atoms with Crippen molar-refractivity contribution in [3.63, 3.8) is 0 Å². The Labute approximate surface area is 181 Å². The fourth-order valence-electron chi connectivity index (χ4n) is 5.70. The largest absolute Gasteiger partial charge is 0.316 e. The van der Waals surface area contributed by atoms with E-state index in [0.717, 1.165) is 48.2 Å². The highest BCUT2D eigenvalue weighted by molar-refractivity contribution is 6.24. The van der Waals surface area contributed by atoms with E-state index in [1.165, 1.54) is 12.8 Å². The SMILES string of the molecule is O=C1CCC(N2C(=O)c3cccc(CNC4CCC5CNCCC5C4)c3C2=O)C(=O)N1. The number of nitrogens with one attached hydrogen (secondary N) is 3. The molecule has 3 heterocycles. The van der Waals surface area contributed by atoms with E-state index >= 15 is 0 Å². The van der Waals surface area contributed by atoms with Crippen molar-refractivity contribution >= 4 is 23.6 Å². The third-order valence-corrected chi connectivity index (χ3v) is 7.37. The summed E-state index contributed by atoms with van der Waals surface area (Å²) in [5, 5.41) is 9.35. The molecule has 4 unspecified atom stereocenters. The Balaban J connectivity index is 1.30. The van der Waals surface area contributed by atoms with Crippen molar-refractivity contribution in [3.05, 3.63) is 34.9 Å². The summed E-state index contributed by atoms with van der Waals surface area (Å²) in [6.07, 6.45) is 4.99. The molecule has 4 aliphatic rings. The first-order chi connectivity index (χ1) is 15.0. The molecule has 4 amide bonds. The maximum Gasteiger partial charge on any atom is 0.262 e. The third-order valence-electron chi connectivity index (χ3n) is 7.37. The fraction of sp³-hybridized carbons (Fsp3) is 0.565. The second-order valence-corrected chi connectivity index (χ2v) is 9.19. The predicted octanol–water partition coefficient (Wildman–Crippen LogP) is 0.956. The van der Waals surface area contributed by atoms with Crippen molar-refractivity contribution in [3.8, 4) is 0 Å². The highest BCUT2D eigenvalue weighted by Gasteiger charge is 2.45. The van der Waals surface area contributed by atoms with Gasteiger partial charge in [0, 0.05) is 19.0 Å². The number of nitrogens with zero attached hydrogens (tertiary/aromatic N) is 1. The minimum Gasteiger partial charge on any atom is -0.316 e. The zero-order chi connectivity index (χ0) is 21.5. The van der Waals surface area contributed by atoms with Crippen LogP contribution in [0, 0.1) is 11.8 Å². The number of piperidine rings is 2. The molecule has 164 valence electrons. The molecule has 1 aromatic carbocycles. The van der Waals surface area contributed by atoms with Gasteiger partial charge in [0.1, 0.15) is 6.04 Å². The van der Waals surface area contributed by atoms with Crippen molar-refractivity contribution in [2.24, 2.45) is 11.8 Å². The van der Waals surface area contributed by atoms with Crippen molar-refractivity contribution in [2.45, 2.75) is 57.2 Å². The number of carbonyl (C=O) groups excluding carboxylic acids is 4. The van der Waals surface area contributed by atoms with Crippen LogP contribution in [0.2, 0.25) is 0 Å². The fourth-order valence-corrected chi connectivity index (χ4v) is 5.70. The van der Waals surface area contributed by atoms with Gasteiger partial charge in [0.15, 0.2) is 0 Å². The van der Waals surface area contributed by atoms with Gasteiger partial charge in [-0.2, -0.15) is 0 Å². The number of rotatable bonds is 4. The summed E-state index contributed by atoms with van der Waals surface area (Å²) in [6.45, 7) is 2.73. The molecule has 3 aliphatic heterocycles. The molecule has 8 heteroatoms. The summed E-state index contributed by atoms with van der Waals surface area (Å²) in [7, 11) is 0. The number of hydrogen-bond acceptors (Lipinski definition) is 6. The average Bonchev–Trinajstić information content (AvgIpc) is 3.03. The second kappa shape index (κ2) is 8.16. The molecule has 3 N–H and O–H groups in total. The minimum atomic E-state index is -0.930. The first-order valence-electron chi connectivity index (χ1n) is 11.3. The lowest BCUT2D eigenvalue weighted by molar-refractivity contribution is -0.136. The van der Waals surface area contributed by atoms with Crippen LogP contribution in [0.1, 0.15) is 64.8 Å². The van der Waals surface area contributed by atoms with E-state index < -0.39 is 23.8 Å². The van der Waals surface area contributed by atoms with Gasteiger partial charge in [-0.05, 0) is 68.7 Å². The van der Waals surface area contributed by atoms with Crippen LogP contribution >= 0.6 is 0 Å². The summed E-state index contributed by atoms with van der Waals surface area (Å²) in [5.74, 6) is -0.315. The maximum atomic E-state index is 13.2. The molecule has 1 aliphatic carbocycles. The van der Waals surface area contributed by atoms with Crippen LogP contribution in [0.15, 0.2) is 18.2 Å². The Morgan fingerprint density at radius 2 is 1.87 bits per heavy atom. The number of fused-ring (bicyclic) bond motifs is 2. The van der Waals surface area contributed by atoms with Gasteiger partial charge in [-0.25, -0.2) is 0 Å². The summed E-state index contributed by atoms with van der Waals surface area (Å²) >= 11 is 0. The number of hydrogen-bond donors (Lipinski definition) is 3. The van der Waals surface area contributed by atoms with Crippen molar-refractivity contribution in [1.82, 2.24) is 20.9 Å². The number of amides is 4. The molecule has 8 nitrogen and oxygen atoms in total. The Hall–Kier alpha value is -2.58. The van der Waals surface area contributed by atoms with E-state index in [2.05, 4.69) is 16.0 Å². The van der Waals surface area contributed by atoms with Crippen LogP contribution in [0.5, 0.6) is 0 Å². The van der Waals surface area contributed by atoms with Crippen LogP contribution < -0.4 is 16.0 Å². The average molecular weight is 425 g/mol. The van der Waals surface area contributed by atoms with Gasteiger partial charge in [0.2, 0.25) is 11.8 Å². The van der Waals surface area contributed by atoms with Gasteiger partial charge in [0.25, 0.3) is 11.8 Å². The van der Waals surface area contributed by atoms with Crippen LogP contribution in [0.25, 0.3) is 0 Å². The molecular weight excluding hydrogens is 396 g/mol. The number of carbonyl (C=O) groups is 4. The first-order valence-corrected chi connectivity index (χ1v) is 11.3. The summed E-state index contributed by atoms with van der Waals surface area (Å²) in [6, 6.07) is 4.79. The molecule has 5 rings (SSSR count). The first kappa shape index (κ1) is 20.3. The lowest BCUT2D eigenvalue weighted by atomic mass is 9.73. The molecule has 0 bridgehead atoms. The Morgan fingerprint density at radius 1 is 1.00 bits per heavy atom. The second-order valence-electron chi connectivity index (χ2n) is 9.19. The molecule has 2 saturated heterocycles. The van der Waals surface area contributed by atoms with Crippen molar-refractivity contribution in [1.29, 1.82) is 0 Å². The molecule has 0 spiro atoms. The van der Waals surface area contributed by atoms with E-state index in [0.29, 0.717) is 23.7 Å². The van der Waals surface area contributed by atoms with Gasteiger partial charge in [-0.15, -0.1) is 0 Å².